The molecule has 2 amide bonds. The van der Waals surface area contributed by atoms with Gasteiger partial charge in [0, 0.05) is 11.6 Å². The number of ether oxygens (including phenoxy) is 1. The number of nitrogens with two attached hydrogens (primary N) is 1. The number of rotatable bonds is 5. The van der Waals surface area contributed by atoms with Gasteiger partial charge < -0.3 is 15.8 Å². The predicted molar refractivity (Wildman–Crippen MR) is 89.4 cm³/mol. The van der Waals surface area contributed by atoms with Crippen molar-refractivity contribution in [2.75, 3.05) is 6.61 Å². The standard InChI is InChI=1S/C19H24N2O3/c20-18(22)10-24-13-6-4-11(5-7-13)19(23)21-17-9-12-8-16(17)15-3-1-2-14(12)15/h4-7,12,14-17H,1-3,8-10H2,(H2,20,22)(H,21,23). The molecule has 128 valence electrons. The van der Waals surface area contributed by atoms with Gasteiger partial charge in [-0.05, 0) is 73.6 Å². The van der Waals surface area contributed by atoms with Crippen LogP contribution in [0.4, 0.5) is 0 Å². The number of hydrogen-bond donors (Lipinski definition) is 2. The molecule has 1 aromatic rings. The summed E-state index contributed by atoms with van der Waals surface area (Å²) in [6.45, 7) is -0.154. The van der Waals surface area contributed by atoms with Gasteiger partial charge in [0.15, 0.2) is 6.61 Å². The molecule has 3 fully saturated rings. The van der Waals surface area contributed by atoms with Crippen molar-refractivity contribution in [3.63, 3.8) is 0 Å². The van der Waals surface area contributed by atoms with Gasteiger partial charge in [-0.2, -0.15) is 0 Å². The van der Waals surface area contributed by atoms with E-state index in [-0.39, 0.29) is 12.5 Å². The zero-order valence-corrected chi connectivity index (χ0v) is 13.7. The van der Waals surface area contributed by atoms with Crippen LogP contribution in [0.2, 0.25) is 0 Å². The molecule has 0 saturated heterocycles. The Morgan fingerprint density at radius 3 is 2.58 bits per heavy atom. The SMILES string of the molecule is NC(=O)COc1ccc(C(=O)NC2CC3CC2C2CCCC32)cc1. The Bertz CT molecular complexity index is 643. The molecule has 5 unspecified atom stereocenters. The van der Waals surface area contributed by atoms with Crippen molar-refractivity contribution >= 4 is 11.8 Å². The molecule has 0 aromatic heterocycles. The first kappa shape index (κ1) is 15.5. The molecule has 4 rings (SSSR count). The molecule has 0 aliphatic heterocycles. The lowest BCUT2D eigenvalue weighted by Gasteiger charge is -2.32. The molecule has 3 saturated carbocycles. The highest BCUT2D eigenvalue weighted by molar-refractivity contribution is 5.94. The third-order valence-corrected chi connectivity index (χ3v) is 6.24. The second-order valence-corrected chi connectivity index (χ2v) is 7.51. The molecule has 5 nitrogen and oxygen atoms in total. The van der Waals surface area contributed by atoms with Crippen molar-refractivity contribution in [3.05, 3.63) is 29.8 Å². The number of benzene rings is 1. The summed E-state index contributed by atoms with van der Waals surface area (Å²) in [5, 5.41) is 3.26. The maximum atomic E-state index is 12.5. The number of primary amides is 1. The quantitative estimate of drug-likeness (QED) is 0.868. The molecule has 2 bridgehead atoms. The summed E-state index contributed by atoms with van der Waals surface area (Å²) in [5.41, 5.74) is 5.68. The Kier molecular flexibility index (Phi) is 3.94. The second-order valence-electron chi connectivity index (χ2n) is 7.51. The van der Waals surface area contributed by atoms with E-state index in [1.165, 1.54) is 25.7 Å². The Hall–Kier alpha value is -2.04. The zero-order chi connectivity index (χ0) is 16.7. The molecule has 5 heteroatoms. The minimum Gasteiger partial charge on any atom is -0.484 e. The molecule has 0 spiro atoms. The van der Waals surface area contributed by atoms with E-state index in [4.69, 9.17) is 10.5 Å². The van der Waals surface area contributed by atoms with Crippen molar-refractivity contribution < 1.29 is 14.3 Å². The average molecular weight is 328 g/mol. The fourth-order valence-corrected chi connectivity index (χ4v) is 5.34. The largest absolute Gasteiger partial charge is 0.484 e. The number of hydrogen-bond acceptors (Lipinski definition) is 3. The molecule has 0 radical (unpaired) electrons. The molecule has 24 heavy (non-hydrogen) atoms. The van der Waals surface area contributed by atoms with E-state index in [1.807, 2.05) is 0 Å². The Morgan fingerprint density at radius 1 is 1.08 bits per heavy atom. The lowest BCUT2D eigenvalue weighted by atomic mass is 9.79. The van der Waals surface area contributed by atoms with Gasteiger partial charge in [0.25, 0.3) is 11.8 Å². The minimum atomic E-state index is -0.515. The van der Waals surface area contributed by atoms with Gasteiger partial charge in [-0.1, -0.05) is 6.42 Å². The molecule has 3 aliphatic carbocycles. The van der Waals surface area contributed by atoms with Crippen molar-refractivity contribution in [3.8, 4) is 5.75 Å². The highest BCUT2D eigenvalue weighted by atomic mass is 16.5. The molecule has 0 heterocycles. The van der Waals surface area contributed by atoms with Gasteiger partial charge in [-0.15, -0.1) is 0 Å². The maximum Gasteiger partial charge on any atom is 0.255 e. The summed E-state index contributed by atoms with van der Waals surface area (Å²) < 4.78 is 5.22. The topological polar surface area (TPSA) is 81.4 Å². The van der Waals surface area contributed by atoms with E-state index in [2.05, 4.69) is 5.32 Å². The Labute approximate surface area is 141 Å². The van der Waals surface area contributed by atoms with E-state index < -0.39 is 5.91 Å². The third kappa shape index (κ3) is 2.76. The van der Waals surface area contributed by atoms with Gasteiger partial charge >= 0.3 is 0 Å². The van der Waals surface area contributed by atoms with Crippen LogP contribution < -0.4 is 15.8 Å². The summed E-state index contributed by atoms with van der Waals surface area (Å²) >= 11 is 0. The van der Waals surface area contributed by atoms with Gasteiger partial charge in [-0.3, -0.25) is 9.59 Å². The van der Waals surface area contributed by atoms with Crippen LogP contribution in [0, 0.1) is 23.7 Å². The van der Waals surface area contributed by atoms with Crippen LogP contribution in [0.5, 0.6) is 5.75 Å². The summed E-state index contributed by atoms with van der Waals surface area (Å²) in [5.74, 6) is 3.31. The third-order valence-electron chi connectivity index (χ3n) is 6.24. The summed E-state index contributed by atoms with van der Waals surface area (Å²) in [6.07, 6.45) is 6.58. The van der Waals surface area contributed by atoms with Crippen LogP contribution in [0.1, 0.15) is 42.5 Å². The van der Waals surface area contributed by atoms with E-state index in [1.54, 1.807) is 24.3 Å². The number of fused-ring (bicyclic) bond motifs is 5. The Balaban J connectivity index is 1.36. The van der Waals surface area contributed by atoms with Crippen LogP contribution >= 0.6 is 0 Å². The van der Waals surface area contributed by atoms with Crippen LogP contribution in [-0.4, -0.2) is 24.5 Å². The minimum absolute atomic E-state index is 0.0106. The van der Waals surface area contributed by atoms with Gasteiger partial charge in [0.2, 0.25) is 0 Å². The summed E-state index contributed by atoms with van der Waals surface area (Å²) in [7, 11) is 0. The van der Waals surface area contributed by atoms with Crippen molar-refractivity contribution in [1.82, 2.24) is 5.32 Å². The summed E-state index contributed by atoms with van der Waals surface area (Å²) in [6, 6.07) is 7.21. The number of carbonyl (C=O) groups is 2. The van der Waals surface area contributed by atoms with Crippen molar-refractivity contribution in [2.45, 2.75) is 38.1 Å². The van der Waals surface area contributed by atoms with E-state index in [0.717, 1.165) is 24.2 Å². The average Bonchev–Trinajstić information content (AvgIpc) is 3.26. The van der Waals surface area contributed by atoms with E-state index in [0.29, 0.717) is 23.3 Å². The smallest absolute Gasteiger partial charge is 0.255 e. The fourth-order valence-electron chi connectivity index (χ4n) is 5.34. The van der Waals surface area contributed by atoms with Crippen LogP contribution in [0.25, 0.3) is 0 Å². The van der Waals surface area contributed by atoms with Crippen molar-refractivity contribution in [1.29, 1.82) is 0 Å². The first-order chi connectivity index (χ1) is 11.6. The van der Waals surface area contributed by atoms with E-state index >= 15 is 0 Å². The maximum absolute atomic E-state index is 12.5. The van der Waals surface area contributed by atoms with Crippen LogP contribution in [-0.2, 0) is 4.79 Å². The highest BCUT2D eigenvalue weighted by Gasteiger charge is 2.54. The number of amides is 2. The molecule has 5 atom stereocenters. The molecule has 3 aliphatic rings. The lowest BCUT2D eigenvalue weighted by molar-refractivity contribution is -0.119. The fraction of sp³-hybridized carbons (Fsp3) is 0.579. The van der Waals surface area contributed by atoms with Crippen LogP contribution in [0.3, 0.4) is 0 Å². The number of nitrogens with one attached hydrogen (secondary N) is 1. The van der Waals surface area contributed by atoms with Crippen LogP contribution in [0.15, 0.2) is 24.3 Å². The van der Waals surface area contributed by atoms with Gasteiger partial charge in [0.1, 0.15) is 5.75 Å². The highest BCUT2D eigenvalue weighted by Crippen LogP contribution is 2.58. The first-order valence-corrected chi connectivity index (χ1v) is 8.94. The first-order valence-electron chi connectivity index (χ1n) is 8.94. The Morgan fingerprint density at radius 2 is 1.83 bits per heavy atom. The summed E-state index contributed by atoms with van der Waals surface area (Å²) in [4.78, 5) is 23.2. The number of carbonyl (C=O) groups excluding carboxylic acids is 2. The molecular formula is C19H24N2O3. The monoisotopic (exact) mass is 328 g/mol. The lowest BCUT2D eigenvalue weighted by Crippen LogP contribution is -2.42. The predicted octanol–water partition coefficient (Wildman–Crippen LogP) is 2.11. The van der Waals surface area contributed by atoms with Gasteiger partial charge in [-0.25, -0.2) is 0 Å². The van der Waals surface area contributed by atoms with E-state index in [9.17, 15) is 9.59 Å². The zero-order valence-electron chi connectivity index (χ0n) is 13.7. The molecule has 1 aromatic carbocycles. The second kappa shape index (κ2) is 6.11. The van der Waals surface area contributed by atoms with Gasteiger partial charge in [0.05, 0.1) is 0 Å². The molecular weight excluding hydrogens is 304 g/mol. The molecule has 3 N–H and O–H groups in total. The van der Waals surface area contributed by atoms with Crippen molar-refractivity contribution in [2.24, 2.45) is 29.4 Å². The normalized spacial score (nSPS) is 33.2.